The van der Waals surface area contributed by atoms with Crippen molar-refractivity contribution in [3.8, 4) is 0 Å². The number of fused-ring (bicyclic) bond motifs is 1. The number of hydrogen-bond donors (Lipinski definition) is 2. The second-order valence-corrected chi connectivity index (χ2v) is 8.16. The number of aliphatic hydroxyl groups is 1. The van der Waals surface area contributed by atoms with E-state index >= 15 is 0 Å². The van der Waals surface area contributed by atoms with E-state index in [1.165, 1.54) is 57.8 Å². The van der Waals surface area contributed by atoms with Gasteiger partial charge in [0.2, 0.25) is 5.79 Å². The van der Waals surface area contributed by atoms with E-state index < -0.39 is 30.0 Å². The van der Waals surface area contributed by atoms with Gasteiger partial charge in [-0.25, -0.2) is 0 Å². The van der Waals surface area contributed by atoms with Gasteiger partial charge in [0.1, 0.15) is 25.0 Å². The normalized spacial score (nSPS) is 32.9. The fourth-order valence-electron chi connectivity index (χ4n) is 3.84. The van der Waals surface area contributed by atoms with Gasteiger partial charge in [-0.15, -0.1) is 0 Å². The van der Waals surface area contributed by atoms with E-state index in [9.17, 15) is 5.11 Å². The number of hydrogen-bond acceptors (Lipinski definition) is 6. The summed E-state index contributed by atoms with van der Waals surface area (Å²) in [7, 11) is 0. The topological polar surface area (TPSA) is 83.2 Å². The van der Waals surface area contributed by atoms with Crippen LogP contribution in [0.1, 0.15) is 85.0 Å². The molecule has 2 aliphatic rings. The largest absolute Gasteiger partial charge is 0.386 e. The summed E-state index contributed by atoms with van der Waals surface area (Å²) < 4.78 is 23.1. The highest BCUT2D eigenvalue weighted by Crippen LogP contribution is 2.44. The molecule has 0 aromatic carbocycles. The van der Waals surface area contributed by atoms with E-state index in [0.717, 1.165) is 6.42 Å². The van der Waals surface area contributed by atoms with Crippen LogP contribution in [0.4, 0.5) is 0 Å². The Balaban J connectivity index is 1.54. The van der Waals surface area contributed by atoms with Crippen LogP contribution in [-0.4, -0.2) is 48.3 Å². The molecule has 6 nitrogen and oxygen atoms in total. The van der Waals surface area contributed by atoms with Crippen LogP contribution in [0.5, 0.6) is 0 Å². The van der Waals surface area contributed by atoms with Crippen molar-refractivity contribution in [2.24, 2.45) is 5.73 Å². The molecule has 3 N–H and O–H groups in total. The molecule has 2 rings (SSSR count). The molecule has 0 aromatic rings. The van der Waals surface area contributed by atoms with Gasteiger partial charge in [0.05, 0.1) is 0 Å². The third-order valence-corrected chi connectivity index (χ3v) is 5.19. The highest BCUT2D eigenvalue weighted by Gasteiger charge is 2.64. The molecule has 154 valence electrons. The van der Waals surface area contributed by atoms with Crippen LogP contribution < -0.4 is 5.73 Å². The Labute approximate surface area is 158 Å². The molecule has 2 saturated heterocycles. The van der Waals surface area contributed by atoms with Crippen LogP contribution in [0.15, 0.2) is 0 Å². The zero-order valence-corrected chi connectivity index (χ0v) is 16.9. The first-order valence-electron chi connectivity index (χ1n) is 10.5. The Kier molecular flexibility index (Phi) is 8.77. The van der Waals surface area contributed by atoms with Gasteiger partial charge < -0.3 is 29.8 Å². The predicted octanol–water partition coefficient (Wildman–Crippen LogP) is 3.45. The smallest absolute Gasteiger partial charge is 0.225 e. The third kappa shape index (κ3) is 6.14. The van der Waals surface area contributed by atoms with Crippen LogP contribution in [-0.2, 0) is 18.9 Å². The van der Waals surface area contributed by atoms with Crippen molar-refractivity contribution in [3.05, 3.63) is 0 Å². The van der Waals surface area contributed by atoms with Crippen LogP contribution in [0.2, 0.25) is 0 Å². The van der Waals surface area contributed by atoms with Crippen molar-refractivity contribution in [2.75, 3.05) is 13.2 Å². The lowest BCUT2D eigenvalue weighted by Crippen LogP contribution is -2.45. The first kappa shape index (κ1) is 22.1. The lowest BCUT2D eigenvalue weighted by molar-refractivity contribution is -0.277. The molecule has 4 atom stereocenters. The SMILES string of the molecule is CCCCCCCCCCCCOC[C@@]12O[C@@H](N)[C@@H](O)[C@@H]1OC(C)(C)O2. The van der Waals surface area contributed by atoms with Crippen LogP contribution in [0.3, 0.4) is 0 Å². The minimum absolute atomic E-state index is 0.225. The highest BCUT2D eigenvalue weighted by molar-refractivity contribution is 5.01. The summed E-state index contributed by atoms with van der Waals surface area (Å²) in [5.41, 5.74) is 5.79. The molecule has 0 radical (unpaired) electrons. The van der Waals surface area contributed by atoms with Crippen molar-refractivity contribution >= 4 is 0 Å². The summed E-state index contributed by atoms with van der Waals surface area (Å²) in [6, 6.07) is 0. The minimum Gasteiger partial charge on any atom is -0.386 e. The Morgan fingerprint density at radius 3 is 2.12 bits per heavy atom. The average Bonchev–Trinajstić information content (AvgIpc) is 2.96. The van der Waals surface area contributed by atoms with Crippen molar-refractivity contribution in [1.29, 1.82) is 0 Å². The van der Waals surface area contributed by atoms with Crippen molar-refractivity contribution in [3.63, 3.8) is 0 Å². The fraction of sp³-hybridized carbons (Fsp3) is 1.00. The summed E-state index contributed by atoms with van der Waals surface area (Å²) in [6.45, 7) is 6.74. The maximum atomic E-state index is 10.1. The second kappa shape index (κ2) is 10.3. The van der Waals surface area contributed by atoms with Gasteiger partial charge in [-0.1, -0.05) is 64.7 Å². The number of rotatable bonds is 13. The molecule has 2 fully saturated rings. The first-order chi connectivity index (χ1) is 12.4. The second-order valence-electron chi connectivity index (χ2n) is 8.16. The van der Waals surface area contributed by atoms with Gasteiger partial charge in [-0.05, 0) is 20.3 Å². The zero-order valence-electron chi connectivity index (χ0n) is 16.9. The molecule has 0 saturated carbocycles. The molecule has 0 bridgehead atoms. The number of nitrogens with two attached hydrogens (primary N) is 1. The molecule has 0 aliphatic carbocycles. The Morgan fingerprint density at radius 1 is 0.923 bits per heavy atom. The van der Waals surface area contributed by atoms with Crippen LogP contribution in [0, 0.1) is 0 Å². The van der Waals surface area contributed by atoms with Gasteiger partial charge >= 0.3 is 0 Å². The van der Waals surface area contributed by atoms with E-state index in [1.54, 1.807) is 13.8 Å². The Bertz CT molecular complexity index is 406. The maximum Gasteiger partial charge on any atom is 0.225 e. The fourth-order valence-corrected chi connectivity index (χ4v) is 3.84. The van der Waals surface area contributed by atoms with E-state index in [-0.39, 0.29) is 6.61 Å². The molecule has 0 aromatic heterocycles. The van der Waals surface area contributed by atoms with Crippen LogP contribution >= 0.6 is 0 Å². The predicted molar refractivity (Wildman–Crippen MR) is 100 cm³/mol. The molecule has 2 heterocycles. The quantitative estimate of drug-likeness (QED) is 0.481. The number of aliphatic hydroxyl groups excluding tert-OH is 1. The lowest BCUT2D eigenvalue weighted by Gasteiger charge is -2.27. The minimum atomic E-state index is -1.10. The van der Waals surface area contributed by atoms with Gasteiger partial charge in [0, 0.05) is 6.61 Å². The van der Waals surface area contributed by atoms with Crippen molar-refractivity contribution in [2.45, 2.75) is 115 Å². The third-order valence-electron chi connectivity index (χ3n) is 5.19. The van der Waals surface area contributed by atoms with Gasteiger partial charge in [0.15, 0.2) is 5.79 Å². The summed E-state index contributed by atoms with van der Waals surface area (Å²) in [5.74, 6) is -1.91. The van der Waals surface area contributed by atoms with E-state index in [1.807, 2.05) is 0 Å². The van der Waals surface area contributed by atoms with Crippen molar-refractivity contribution < 1.29 is 24.1 Å². The standard InChI is InChI=1S/C20H39NO5/c1-4-5-6-7-8-9-10-11-12-13-14-23-15-20-17(16(22)18(21)25-20)24-19(2,3)26-20/h16-18,22H,4-15,21H2,1-3H3/t16-,17-,18+,20-/m0/s1. The monoisotopic (exact) mass is 373 g/mol. The molecule has 0 unspecified atom stereocenters. The number of unbranched alkanes of at least 4 members (excludes halogenated alkanes) is 9. The lowest BCUT2D eigenvalue weighted by atomic mass is 10.1. The summed E-state index contributed by atoms with van der Waals surface area (Å²) in [6.07, 6.45) is 10.6. The maximum absolute atomic E-state index is 10.1. The van der Waals surface area contributed by atoms with E-state index in [4.69, 9.17) is 24.7 Å². The molecule has 6 heteroatoms. The first-order valence-corrected chi connectivity index (χ1v) is 10.5. The molecule has 0 spiro atoms. The van der Waals surface area contributed by atoms with Crippen molar-refractivity contribution in [1.82, 2.24) is 0 Å². The summed E-state index contributed by atoms with van der Waals surface area (Å²) >= 11 is 0. The average molecular weight is 374 g/mol. The van der Waals surface area contributed by atoms with Gasteiger partial charge in [0.25, 0.3) is 0 Å². The molecular weight excluding hydrogens is 334 g/mol. The van der Waals surface area contributed by atoms with Gasteiger partial charge in [-0.3, -0.25) is 0 Å². The Morgan fingerprint density at radius 2 is 1.50 bits per heavy atom. The summed E-state index contributed by atoms with van der Waals surface area (Å²) in [4.78, 5) is 0. The summed E-state index contributed by atoms with van der Waals surface area (Å²) in [5, 5.41) is 10.1. The molecule has 2 aliphatic heterocycles. The molecular formula is C20H39NO5. The van der Waals surface area contributed by atoms with E-state index in [0.29, 0.717) is 6.61 Å². The van der Waals surface area contributed by atoms with Gasteiger partial charge in [-0.2, -0.15) is 0 Å². The Hall–Kier alpha value is -0.240. The number of ether oxygens (including phenoxy) is 4. The van der Waals surface area contributed by atoms with Crippen LogP contribution in [0.25, 0.3) is 0 Å². The highest BCUT2D eigenvalue weighted by atomic mass is 16.9. The van der Waals surface area contributed by atoms with E-state index in [2.05, 4.69) is 6.92 Å². The molecule has 26 heavy (non-hydrogen) atoms. The molecule has 0 amide bonds. The zero-order chi connectivity index (χ0) is 19.0.